The van der Waals surface area contributed by atoms with E-state index in [9.17, 15) is 14.0 Å². The molecule has 8 nitrogen and oxygen atoms in total. The molecule has 0 aliphatic rings. The predicted molar refractivity (Wildman–Crippen MR) is 141 cm³/mol. The van der Waals surface area contributed by atoms with Crippen molar-refractivity contribution in [1.29, 1.82) is 0 Å². The Hall–Kier alpha value is -3.56. The first-order valence-electron chi connectivity index (χ1n) is 12.4. The van der Waals surface area contributed by atoms with Gasteiger partial charge in [-0.2, -0.15) is 4.98 Å². The van der Waals surface area contributed by atoms with E-state index in [-0.39, 0.29) is 49.0 Å². The maximum atomic E-state index is 14.4. The van der Waals surface area contributed by atoms with Gasteiger partial charge < -0.3 is 27.6 Å². The van der Waals surface area contributed by atoms with Gasteiger partial charge in [0.25, 0.3) is 17.2 Å². The van der Waals surface area contributed by atoms with E-state index < -0.39 is 11.9 Å². The number of amides is 1. The number of carbonyl (C=O) groups excluding carboxylic acids is 1. The zero-order valence-corrected chi connectivity index (χ0v) is 22.7. The van der Waals surface area contributed by atoms with Crippen LogP contribution in [-0.4, -0.2) is 38.6 Å². The minimum Gasteiger partial charge on any atom is -1.00 e. The van der Waals surface area contributed by atoms with Crippen molar-refractivity contribution >= 4 is 17.0 Å². The largest absolute Gasteiger partial charge is 1.00 e. The minimum atomic E-state index is -0.616. The topological polar surface area (TPSA) is 107 Å². The molecule has 202 valence electrons. The zero-order chi connectivity index (χ0) is 26.7. The number of aromatic nitrogens is 3. The number of hydrogen-bond acceptors (Lipinski definition) is 6. The molecule has 0 spiro atoms. The van der Waals surface area contributed by atoms with E-state index in [2.05, 4.69) is 5.16 Å². The van der Waals surface area contributed by atoms with Crippen molar-refractivity contribution in [2.45, 2.75) is 46.7 Å². The monoisotopic (exact) mass is 541 g/mol. The third-order valence-electron chi connectivity index (χ3n) is 6.49. The highest BCUT2D eigenvalue weighted by Crippen LogP contribution is 2.31. The van der Waals surface area contributed by atoms with Gasteiger partial charge in [-0.1, -0.05) is 55.4 Å². The zero-order valence-electron chi connectivity index (χ0n) is 22.9. The molecule has 0 aliphatic heterocycles. The van der Waals surface area contributed by atoms with Crippen molar-refractivity contribution in [3.63, 3.8) is 0 Å². The van der Waals surface area contributed by atoms with Gasteiger partial charge in [-0.25, -0.2) is 4.39 Å². The fourth-order valence-electron chi connectivity index (χ4n) is 4.55. The summed E-state index contributed by atoms with van der Waals surface area (Å²) >= 11 is 0. The molecule has 0 saturated heterocycles. The first kappa shape index (κ1) is 29.0. The Balaban J connectivity index is 0.00000267. The quantitative estimate of drug-likeness (QED) is 0.344. The summed E-state index contributed by atoms with van der Waals surface area (Å²) in [5.74, 6) is -0.582. The SMILES string of the molecule is Cc1ccc(C(=O)N(CCCN)C(c2nc3onc(C)c3c(=O)n2Cc2ccccc2)C(C)C)cc1F.[Cl-].[H+]. The van der Waals surface area contributed by atoms with Crippen LogP contribution in [-0.2, 0) is 6.54 Å². The molecule has 1 amide bonds. The van der Waals surface area contributed by atoms with E-state index in [4.69, 9.17) is 15.2 Å². The lowest BCUT2D eigenvalue weighted by atomic mass is 9.98. The molecule has 2 aromatic carbocycles. The number of hydrogen-bond donors (Lipinski definition) is 1. The van der Waals surface area contributed by atoms with Crippen LogP contribution < -0.4 is 23.7 Å². The number of nitrogens with zero attached hydrogens (tertiary/aromatic N) is 4. The molecule has 10 heteroatoms. The van der Waals surface area contributed by atoms with Crippen LogP contribution >= 0.6 is 0 Å². The fourth-order valence-corrected chi connectivity index (χ4v) is 4.55. The molecule has 2 aromatic heterocycles. The van der Waals surface area contributed by atoms with Gasteiger partial charge in [0.05, 0.1) is 18.3 Å². The lowest BCUT2D eigenvalue weighted by molar-refractivity contribution is -0.0000194. The maximum Gasteiger partial charge on any atom is 1.00 e. The van der Waals surface area contributed by atoms with Crippen LogP contribution in [0.4, 0.5) is 4.39 Å². The number of nitrogens with two attached hydrogens (primary N) is 1. The Morgan fingerprint density at radius 3 is 2.53 bits per heavy atom. The van der Waals surface area contributed by atoms with Gasteiger partial charge in [0.1, 0.15) is 17.0 Å². The van der Waals surface area contributed by atoms with E-state index in [0.717, 1.165) is 5.56 Å². The van der Waals surface area contributed by atoms with E-state index in [1.54, 1.807) is 35.4 Å². The molecule has 2 heterocycles. The molecule has 38 heavy (non-hydrogen) atoms. The molecule has 2 N–H and O–H groups in total. The van der Waals surface area contributed by atoms with Crippen molar-refractivity contribution in [3.8, 4) is 0 Å². The van der Waals surface area contributed by atoms with Gasteiger partial charge in [0, 0.05) is 12.1 Å². The second-order valence-electron chi connectivity index (χ2n) is 9.59. The second kappa shape index (κ2) is 12.3. The molecule has 4 aromatic rings. The van der Waals surface area contributed by atoms with Gasteiger partial charge >= 0.3 is 1.43 Å². The summed E-state index contributed by atoms with van der Waals surface area (Å²) in [6, 6.07) is 13.4. The minimum absolute atomic E-state index is 0. The Labute approximate surface area is 228 Å². The van der Waals surface area contributed by atoms with Crippen molar-refractivity contribution in [2.75, 3.05) is 13.1 Å². The molecule has 4 rings (SSSR count). The van der Waals surface area contributed by atoms with Crippen LogP contribution in [0.15, 0.2) is 57.8 Å². The van der Waals surface area contributed by atoms with E-state index in [1.807, 2.05) is 44.2 Å². The van der Waals surface area contributed by atoms with Gasteiger partial charge in [-0.05, 0) is 56.0 Å². The van der Waals surface area contributed by atoms with Gasteiger partial charge in [0.15, 0.2) is 0 Å². The van der Waals surface area contributed by atoms with Crippen molar-refractivity contribution < 1.29 is 27.5 Å². The van der Waals surface area contributed by atoms with Crippen LogP contribution in [0.1, 0.15) is 60.7 Å². The molecule has 0 bridgehead atoms. The molecule has 1 unspecified atom stereocenters. The highest BCUT2D eigenvalue weighted by molar-refractivity contribution is 5.94. The molecule has 0 fully saturated rings. The molecule has 0 saturated carbocycles. The van der Waals surface area contributed by atoms with Crippen LogP contribution in [0.25, 0.3) is 11.1 Å². The average Bonchev–Trinajstić information content (AvgIpc) is 3.25. The normalized spacial score (nSPS) is 12.0. The lowest BCUT2D eigenvalue weighted by Gasteiger charge is -2.35. The standard InChI is InChI=1S/C28H32FN5O3.ClH/c1-17(2)24(33(14-8-13-30)27(35)21-12-11-18(3)22(29)15-21)25-31-26-23(19(4)32-37-26)28(36)34(25)16-20-9-6-5-7-10-20;/h5-7,9-12,15,17,24H,8,13-14,16,30H2,1-4H3;1H. The van der Waals surface area contributed by atoms with E-state index in [0.29, 0.717) is 42.0 Å². The summed E-state index contributed by atoms with van der Waals surface area (Å²) in [5, 5.41) is 4.26. The molecular weight excluding hydrogens is 509 g/mol. The van der Waals surface area contributed by atoms with Crippen LogP contribution in [0.2, 0.25) is 0 Å². The number of fused-ring (bicyclic) bond motifs is 1. The van der Waals surface area contributed by atoms with Crippen LogP contribution in [0.5, 0.6) is 0 Å². The van der Waals surface area contributed by atoms with Crippen molar-refractivity contribution in [3.05, 3.63) is 92.9 Å². The Bertz CT molecular complexity index is 1480. The number of benzene rings is 2. The summed E-state index contributed by atoms with van der Waals surface area (Å²) in [5.41, 5.74) is 7.68. The Morgan fingerprint density at radius 1 is 1.18 bits per heavy atom. The van der Waals surface area contributed by atoms with Gasteiger partial charge in [-0.3, -0.25) is 14.2 Å². The molecular formula is C28H33ClFN5O3. The second-order valence-corrected chi connectivity index (χ2v) is 9.59. The summed E-state index contributed by atoms with van der Waals surface area (Å²) < 4.78 is 21.4. The number of rotatable bonds is 9. The Morgan fingerprint density at radius 2 is 1.89 bits per heavy atom. The van der Waals surface area contributed by atoms with Crippen LogP contribution in [0.3, 0.4) is 0 Å². The highest BCUT2D eigenvalue weighted by atomic mass is 35.5. The van der Waals surface area contributed by atoms with Gasteiger partial charge in [-0.15, -0.1) is 0 Å². The first-order chi connectivity index (χ1) is 17.7. The van der Waals surface area contributed by atoms with Crippen LogP contribution in [0, 0.1) is 25.6 Å². The third kappa shape index (κ3) is 5.79. The molecule has 1 atom stereocenters. The highest BCUT2D eigenvalue weighted by Gasteiger charge is 2.33. The maximum absolute atomic E-state index is 14.4. The number of halogens is 2. The summed E-state index contributed by atoms with van der Waals surface area (Å²) in [4.78, 5) is 34.0. The van der Waals surface area contributed by atoms with E-state index in [1.165, 1.54) is 6.07 Å². The molecule has 0 radical (unpaired) electrons. The lowest BCUT2D eigenvalue weighted by Crippen LogP contribution is -3.00. The first-order valence-corrected chi connectivity index (χ1v) is 12.4. The number of carbonyl (C=O) groups is 1. The summed E-state index contributed by atoms with van der Waals surface area (Å²) in [6.45, 7) is 8.18. The summed E-state index contributed by atoms with van der Waals surface area (Å²) in [6.07, 6.45) is 0.524. The average molecular weight is 542 g/mol. The van der Waals surface area contributed by atoms with Crippen molar-refractivity contribution in [1.82, 2.24) is 19.6 Å². The van der Waals surface area contributed by atoms with Gasteiger partial charge in [0.2, 0.25) is 0 Å². The van der Waals surface area contributed by atoms with Crippen molar-refractivity contribution in [2.24, 2.45) is 11.7 Å². The molecule has 0 aliphatic carbocycles. The fraction of sp³-hybridized carbons (Fsp3) is 0.357. The third-order valence-corrected chi connectivity index (χ3v) is 6.49. The smallest absolute Gasteiger partial charge is 1.00 e. The predicted octanol–water partition coefficient (Wildman–Crippen LogP) is 1.49. The Kier molecular flexibility index (Phi) is 9.40. The summed E-state index contributed by atoms with van der Waals surface area (Å²) in [7, 11) is 0. The number of aryl methyl sites for hydroxylation is 2. The van der Waals surface area contributed by atoms with E-state index >= 15 is 0 Å².